The van der Waals surface area contributed by atoms with Crippen molar-refractivity contribution in [2.75, 3.05) is 0 Å². The maximum absolute atomic E-state index is 3.77. The summed E-state index contributed by atoms with van der Waals surface area (Å²) in [6.07, 6.45) is 24.9. The van der Waals surface area contributed by atoms with E-state index in [1.165, 1.54) is 103 Å². The normalized spacial score (nSPS) is 11.8. The van der Waals surface area contributed by atoms with Crippen molar-refractivity contribution in [2.24, 2.45) is 5.41 Å². The first-order chi connectivity index (χ1) is 10.6. The summed E-state index contributed by atoms with van der Waals surface area (Å²) in [5.74, 6) is 0. The minimum atomic E-state index is 0.533. The Morgan fingerprint density at radius 1 is 0.545 bits per heavy atom. The molecule has 0 saturated heterocycles. The lowest BCUT2D eigenvalue weighted by Crippen LogP contribution is -2.03. The van der Waals surface area contributed by atoms with E-state index in [1.807, 2.05) is 6.08 Å². The van der Waals surface area contributed by atoms with Crippen LogP contribution in [0.2, 0.25) is 0 Å². The highest BCUT2D eigenvalue weighted by molar-refractivity contribution is 4.65. The Kier molecular flexibility index (Phi) is 15.4. The van der Waals surface area contributed by atoms with Crippen molar-refractivity contribution in [3.8, 4) is 0 Å². The first-order valence-electron chi connectivity index (χ1n) is 10.2. The highest BCUT2D eigenvalue weighted by Gasteiger charge is 2.08. The lowest BCUT2D eigenvalue weighted by atomic mass is 9.89. The van der Waals surface area contributed by atoms with Gasteiger partial charge in [-0.15, -0.1) is 6.58 Å². The van der Waals surface area contributed by atoms with E-state index >= 15 is 0 Å². The molecule has 22 heavy (non-hydrogen) atoms. The Morgan fingerprint density at radius 2 is 0.864 bits per heavy atom. The Labute approximate surface area is 142 Å². The second kappa shape index (κ2) is 15.6. The largest absolute Gasteiger partial charge is 0.103 e. The zero-order valence-corrected chi connectivity index (χ0v) is 16.1. The van der Waals surface area contributed by atoms with Crippen molar-refractivity contribution in [3.05, 3.63) is 12.7 Å². The molecule has 0 aromatic rings. The molecule has 0 spiro atoms. The molecule has 0 radical (unpaired) electrons. The van der Waals surface area contributed by atoms with Gasteiger partial charge in [-0.2, -0.15) is 0 Å². The standard InChI is InChI=1S/C22H44/c1-5-6-7-8-9-10-11-12-13-14-15-16-17-18-19-20-21-22(2,3)4/h5H,1,6-21H2,2-4H3. The number of hydrogen-bond donors (Lipinski definition) is 0. The molecular weight excluding hydrogens is 264 g/mol. The molecule has 0 N–H and O–H groups in total. The summed E-state index contributed by atoms with van der Waals surface area (Å²) in [4.78, 5) is 0. The number of rotatable bonds is 16. The van der Waals surface area contributed by atoms with Gasteiger partial charge < -0.3 is 0 Å². The fraction of sp³-hybridized carbons (Fsp3) is 0.909. The maximum atomic E-state index is 3.77. The van der Waals surface area contributed by atoms with E-state index in [0.717, 1.165) is 0 Å². The molecule has 0 unspecified atom stereocenters. The lowest BCUT2D eigenvalue weighted by Gasteiger charge is -2.17. The minimum Gasteiger partial charge on any atom is -0.103 e. The molecule has 0 nitrogen and oxygen atoms in total. The first kappa shape index (κ1) is 21.7. The molecule has 0 fully saturated rings. The van der Waals surface area contributed by atoms with E-state index in [0.29, 0.717) is 5.41 Å². The average molecular weight is 309 g/mol. The Balaban J connectivity index is 3.01. The van der Waals surface area contributed by atoms with Gasteiger partial charge >= 0.3 is 0 Å². The summed E-state index contributed by atoms with van der Waals surface area (Å²) in [5.41, 5.74) is 0.533. The summed E-state index contributed by atoms with van der Waals surface area (Å²) >= 11 is 0. The molecule has 0 heteroatoms. The fourth-order valence-corrected chi connectivity index (χ4v) is 3.07. The van der Waals surface area contributed by atoms with Gasteiger partial charge in [-0.25, -0.2) is 0 Å². The summed E-state index contributed by atoms with van der Waals surface area (Å²) in [6, 6.07) is 0. The molecule has 0 aliphatic heterocycles. The van der Waals surface area contributed by atoms with Gasteiger partial charge in [0, 0.05) is 0 Å². The number of unbranched alkanes of at least 4 members (excludes halogenated alkanes) is 14. The van der Waals surface area contributed by atoms with E-state index in [1.54, 1.807) is 0 Å². The minimum absolute atomic E-state index is 0.533. The molecule has 0 saturated carbocycles. The van der Waals surface area contributed by atoms with Crippen LogP contribution in [0, 0.1) is 5.41 Å². The molecule has 0 heterocycles. The Bertz CT molecular complexity index is 221. The number of allylic oxidation sites excluding steroid dienone is 1. The van der Waals surface area contributed by atoms with Gasteiger partial charge in [-0.1, -0.05) is 110 Å². The molecule has 0 amide bonds. The second-order valence-corrected chi connectivity index (χ2v) is 8.34. The van der Waals surface area contributed by atoms with Crippen LogP contribution in [0.1, 0.15) is 124 Å². The van der Waals surface area contributed by atoms with Gasteiger partial charge in [0.05, 0.1) is 0 Å². The zero-order valence-electron chi connectivity index (χ0n) is 16.1. The number of hydrogen-bond acceptors (Lipinski definition) is 0. The van der Waals surface area contributed by atoms with Crippen molar-refractivity contribution in [1.29, 1.82) is 0 Å². The van der Waals surface area contributed by atoms with Crippen LogP contribution in [0.25, 0.3) is 0 Å². The van der Waals surface area contributed by atoms with Crippen LogP contribution in [0.5, 0.6) is 0 Å². The molecule has 0 aliphatic rings. The maximum Gasteiger partial charge on any atom is -0.0353 e. The van der Waals surface area contributed by atoms with E-state index in [9.17, 15) is 0 Å². The quantitative estimate of drug-likeness (QED) is 0.198. The Hall–Kier alpha value is -0.260. The van der Waals surface area contributed by atoms with Gasteiger partial charge in [0.2, 0.25) is 0 Å². The van der Waals surface area contributed by atoms with E-state index < -0.39 is 0 Å². The molecule has 0 aromatic heterocycles. The van der Waals surface area contributed by atoms with Crippen LogP contribution >= 0.6 is 0 Å². The van der Waals surface area contributed by atoms with Crippen LogP contribution in [0.4, 0.5) is 0 Å². The van der Waals surface area contributed by atoms with Crippen molar-refractivity contribution < 1.29 is 0 Å². The third-order valence-corrected chi connectivity index (χ3v) is 4.59. The van der Waals surface area contributed by atoms with Crippen LogP contribution in [-0.4, -0.2) is 0 Å². The molecule has 0 rings (SSSR count). The predicted molar refractivity (Wildman–Crippen MR) is 104 cm³/mol. The molecule has 0 aliphatic carbocycles. The van der Waals surface area contributed by atoms with Crippen LogP contribution in [-0.2, 0) is 0 Å². The summed E-state index contributed by atoms with van der Waals surface area (Å²) in [7, 11) is 0. The third kappa shape index (κ3) is 19.7. The van der Waals surface area contributed by atoms with Crippen molar-refractivity contribution in [3.63, 3.8) is 0 Å². The highest BCUT2D eigenvalue weighted by Crippen LogP contribution is 2.22. The third-order valence-electron chi connectivity index (χ3n) is 4.59. The summed E-state index contributed by atoms with van der Waals surface area (Å²) < 4.78 is 0. The average Bonchev–Trinajstić information content (AvgIpc) is 2.45. The molecule has 0 aromatic carbocycles. The van der Waals surface area contributed by atoms with Gasteiger partial charge in [0.1, 0.15) is 0 Å². The van der Waals surface area contributed by atoms with Crippen LogP contribution in [0.3, 0.4) is 0 Å². The van der Waals surface area contributed by atoms with Crippen molar-refractivity contribution in [1.82, 2.24) is 0 Å². The van der Waals surface area contributed by atoms with Gasteiger partial charge in [0.15, 0.2) is 0 Å². The topological polar surface area (TPSA) is 0 Å². The first-order valence-corrected chi connectivity index (χ1v) is 10.2. The smallest absolute Gasteiger partial charge is 0.0353 e. The van der Waals surface area contributed by atoms with Crippen molar-refractivity contribution >= 4 is 0 Å². The van der Waals surface area contributed by atoms with E-state index in [2.05, 4.69) is 27.4 Å². The van der Waals surface area contributed by atoms with Gasteiger partial charge in [-0.05, 0) is 24.7 Å². The zero-order chi connectivity index (χ0) is 16.5. The van der Waals surface area contributed by atoms with Gasteiger partial charge in [0.25, 0.3) is 0 Å². The monoisotopic (exact) mass is 308 g/mol. The molecular formula is C22H44. The van der Waals surface area contributed by atoms with Crippen LogP contribution < -0.4 is 0 Å². The lowest BCUT2D eigenvalue weighted by molar-refractivity contribution is 0.356. The fourth-order valence-electron chi connectivity index (χ4n) is 3.07. The SMILES string of the molecule is C=CCCCCCCCCCCCCCCCCC(C)(C)C. The summed E-state index contributed by atoms with van der Waals surface area (Å²) in [6.45, 7) is 10.8. The highest BCUT2D eigenvalue weighted by atomic mass is 14.1. The van der Waals surface area contributed by atoms with Crippen LogP contribution in [0.15, 0.2) is 12.7 Å². The Morgan fingerprint density at radius 3 is 1.18 bits per heavy atom. The molecule has 0 bridgehead atoms. The molecule has 0 atom stereocenters. The van der Waals surface area contributed by atoms with Gasteiger partial charge in [-0.3, -0.25) is 0 Å². The molecule has 132 valence electrons. The van der Waals surface area contributed by atoms with Crippen molar-refractivity contribution in [2.45, 2.75) is 124 Å². The van der Waals surface area contributed by atoms with E-state index in [-0.39, 0.29) is 0 Å². The summed E-state index contributed by atoms with van der Waals surface area (Å²) in [5, 5.41) is 0. The van der Waals surface area contributed by atoms with E-state index in [4.69, 9.17) is 0 Å². The second-order valence-electron chi connectivity index (χ2n) is 8.34. The predicted octanol–water partition coefficient (Wildman–Crippen LogP) is 8.46.